The highest BCUT2D eigenvalue weighted by atomic mass is 32.2. The predicted octanol–water partition coefficient (Wildman–Crippen LogP) is 5.24. The quantitative estimate of drug-likeness (QED) is 0.703. The summed E-state index contributed by atoms with van der Waals surface area (Å²) in [5.74, 6) is 2.50. The van der Waals surface area contributed by atoms with Crippen LogP contribution in [0.4, 0.5) is 0 Å². The molecule has 0 aliphatic rings. The van der Waals surface area contributed by atoms with Gasteiger partial charge in [0.15, 0.2) is 0 Å². The van der Waals surface area contributed by atoms with Crippen LogP contribution < -0.4 is 5.32 Å². The molecule has 0 radical (unpaired) electrons. The van der Waals surface area contributed by atoms with E-state index in [1.807, 2.05) is 0 Å². The highest BCUT2D eigenvalue weighted by Gasteiger charge is 2.14. The largest absolute Gasteiger partial charge is 0.310 e. The van der Waals surface area contributed by atoms with Gasteiger partial charge in [0, 0.05) is 17.0 Å². The third-order valence-corrected chi connectivity index (χ3v) is 5.52. The van der Waals surface area contributed by atoms with Crippen LogP contribution >= 0.6 is 11.8 Å². The van der Waals surface area contributed by atoms with E-state index < -0.39 is 0 Å². The Morgan fingerprint density at radius 3 is 1.95 bits per heavy atom. The van der Waals surface area contributed by atoms with Gasteiger partial charge in [0.05, 0.1) is 0 Å². The third kappa shape index (κ3) is 5.49. The Morgan fingerprint density at radius 1 is 0.950 bits per heavy atom. The smallest absolute Gasteiger partial charge is 0.0411 e. The molecule has 0 bridgehead atoms. The summed E-state index contributed by atoms with van der Waals surface area (Å²) in [5, 5.41) is 4.34. The van der Waals surface area contributed by atoms with Crippen LogP contribution in [0.3, 0.4) is 0 Å². The van der Waals surface area contributed by atoms with E-state index in [1.54, 1.807) is 0 Å². The maximum Gasteiger partial charge on any atom is 0.0411 e. The molecule has 0 aromatic heterocycles. The molecule has 1 N–H and O–H groups in total. The molecule has 2 unspecified atom stereocenters. The van der Waals surface area contributed by atoms with Crippen molar-refractivity contribution in [1.29, 1.82) is 0 Å². The van der Waals surface area contributed by atoms with Crippen molar-refractivity contribution in [2.45, 2.75) is 58.8 Å². The van der Waals surface area contributed by atoms with Crippen molar-refractivity contribution < 1.29 is 0 Å². The summed E-state index contributed by atoms with van der Waals surface area (Å²) in [6, 6.07) is 9.61. The standard InChI is InChI=1S/C18H31NS/c1-7-19-18(12-20-15(6)13(2)3)17-10-8-16(9-11-17)14(4)5/h8-11,13-15,18-19H,7,12H2,1-6H3. The lowest BCUT2D eigenvalue weighted by Gasteiger charge is -2.22. The molecule has 1 aromatic carbocycles. The van der Waals surface area contributed by atoms with Gasteiger partial charge in [-0.05, 0) is 29.5 Å². The van der Waals surface area contributed by atoms with Gasteiger partial charge in [0.1, 0.15) is 0 Å². The molecular formula is C18H31NS. The Hall–Kier alpha value is -0.470. The van der Waals surface area contributed by atoms with E-state index in [9.17, 15) is 0 Å². The zero-order valence-corrected chi connectivity index (χ0v) is 14.8. The lowest BCUT2D eigenvalue weighted by atomic mass is 9.99. The summed E-state index contributed by atoms with van der Waals surface area (Å²) < 4.78 is 0. The number of rotatable bonds is 8. The van der Waals surface area contributed by atoms with Crippen molar-refractivity contribution in [3.8, 4) is 0 Å². The van der Waals surface area contributed by atoms with Crippen molar-refractivity contribution in [3.63, 3.8) is 0 Å². The average molecular weight is 294 g/mol. The molecule has 0 aliphatic heterocycles. The Kier molecular flexibility index (Phi) is 7.68. The lowest BCUT2D eigenvalue weighted by Crippen LogP contribution is -2.24. The molecular weight excluding hydrogens is 262 g/mol. The maximum atomic E-state index is 3.62. The second-order valence-corrected chi connectivity index (χ2v) is 7.62. The highest BCUT2D eigenvalue weighted by Crippen LogP contribution is 2.26. The van der Waals surface area contributed by atoms with E-state index >= 15 is 0 Å². The number of nitrogens with one attached hydrogen (secondary N) is 1. The van der Waals surface area contributed by atoms with Crippen molar-refractivity contribution >= 4 is 11.8 Å². The van der Waals surface area contributed by atoms with E-state index in [-0.39, 0.29) is 0 Å². The van der Waals surface area contributed by atoms with Crippen LogP contribution in [-0.4, -0.2) is 17.5 Å². The average Bonchev–Trinajstić information content (AvgIpc) is 2.43. The van der Waals surface area contributed by atoms with E-state index in [1.165, 1.54) is 11.1 Å². The number of benzene rings is 1. The van der Waals surface area contributed by atoms with Gasteiger partial charge in [-0.25, -0.2) is 0 Å². The maximum absolute atomic E-state index is 3.62. The first kappa shape index (κ1) is 17.6. The molecule has 0 saturated heterocycles. The molecule has 0 saturated carbocycles. The predicted molar refractivity (Wildman–Crippen MR) is 93.7 cm³/mol. The van der Waals surface area contributed by atoms with Gasteiger partial charge in [-0.2, -0.15) is 11.8 Å². The highest BCUT2D eigenvalue weighted by molar-refractivity contribution is 7.99. The molecule has 2 heteroatoms. The molecule has 1 nitrogen and oxygen atoms in total. The molecule has 0 aliphatic carbocycles. The van der Waals surface area contributed by atoms with E-state index in [4.69, 9.17) is 0 Å². The van der Waals surface area contributed by atoms with Gasteiger partial charge < -0.3 is 5.32 Å². The van der Waals surface area contributed by atoms with Gasteiger partial charge >= 0.3 is 0 Å². The topological polar surface area (TPSA) is 12.0 Å². The molecule has 0 amide bonds. The molecule has 0 fully saturated rings. The monoisotopic (exact) mass is 293 g/mol. The molecule has 2 atom stereocenters. The third-order valence-electron chi connectivity index (χ3n) is 3.92. The second kappa shape index (κ2) is 8.74. The Morgan fingerprint density at radius 2 is 1.50 bits per heavy atom. The van der Waals surface area contributed by atoms with Gasteiger partial charge in [-0.1, -0.05) is 65.8 Å². The van der Waals surface area contributed by atoms with Crippen LogP contribution in [0.1, 0.15) is 64.6 Å². The lowest BCUT2D eigenvalue weighted by molar-refractivity contribution is 0.598. The van der Waals surface area contributed by atoms with Crippen LogP contribution in [-0.2, 0) is 0 Å². The van der Waals surface area contributed by atoms with E-state index in [2.05, 4.69) is 82.9 Å². The minimum atomic E-state index is 0.465. The summed E-state index contributed by atoms with van der Waals surface area (Å²) in [6.45, 7) is 14.6. The van der Waals surface area contributed by atoms with Crippen LogP contribution in [0.15, 0.2) is 24.3 Å². The SMILES string of the molecule is CCNC(CSC(C)C(C)C)c1ccc(C(C)C)cc1. The van der Waals surface area contributed by atoms with Crippen molar-refractivity contribution in [3.05, 3.63) is 35.4 Å². The minimum Gasteiger partial charge on any atom is -0.310 e. The zero-order chi connectivity index (χ0) is 15.1. The molecule has 0 heterocycles. The normalized spacial score (nSPS) is 14.8. The fourth-order valence-electron chi connectivity index (χ4n) is 2.07. The Bertz CT molecular complexity index is 370. The summed E-state index contributed by atoms with van der Waals surface area (Å²) in [5.41, 5.74) is 2.84. The fourth-order valence-corrected chi connectivity index (χ4v) is 3.26. The van der Waals surface area contributed by atoms with E-state index in [0.29, 0.717) is 17.2 Å². The van der Waals surface area contributed by atoms with Crippen molar-refractivity contribution in [2.24, 2.45) is 5.92 Å². The second-order valence-electron chi connectivity index (χ2n) is 6.21. The first-order valence-electron chi connectivity index (χ1n) is 7.90. The number of hydrogen-bond acceptors (Lipinski definition) is 2. The minimum absolute atomic E-state index is 0.465. The van der Waals surface area contributed by atoms with Crippen LogP contribution in [0.5, 0.6) is 0 Å². The van der Waals surface area contributed by atoms with Gasteiger partial charge in [0.25, 0.3) is 0 Å². The van der Waals surface area contributed by atoms with Gasteiger partial charge in [-0.3, -0.25) is 0 Å². The molecule has 20 heavy (non-hydrogen) atoms. The fraction of sp³-hybridized carbons (Fsp3) is 0.667. The van der Waals surface area contributed by atoms with Gasteiger partial charge in [-0.15, -0.1) is 0 Å². The van der Waals surface area contributed by atoms with Gasteiger partial charge in [0.2, 0.25) is 0 Å². The Balaban J connectivity index is 2.69. The number of hydrogen-bond donors (Lipinski definition) is 1. The summed E-state index contributed by atoms with van der Waals surface area (Å²) in [7, 11) is 0. The summed E-state index contributed by atoms with van der Waals surface area (Å²) in [6.07, 6.45) is 0. The number of thioether (sulfide) groups is 1. The molecule has 0 spiro atoms. The Labute approximate surface area is 129 Å². The van der Waals surface area contributed by atoms with Crippen LogP contribution in [0.25, 0.3) is 0 Å². The summed E-state index contributed by atoms with van der Waals surface area (Å²) >= 11 is 2.08. The molecule has 1 rings (SSSR count). The van der Waals surface area contributed by atoms with Crippen molar-refractivity contribution in [2.75, 3.05) is 12.3 Å². The molecule has 1 aromatic rings. The van der Waals surface area contributed by atoms with E-state index in [0.717, 1.165) is 18.2 Å². The van der Waals surface area contributed by atoms with Crippen LogP contribution in [0.2, 0.25) is 0 Å². The first-order valence-corrected chi connectivity index (χ1v) is 8.95. The zero-order valence-electron chi connectivity index (χ0n) is 13.9. The van der Waals surface area contributed by atoms with Crippen LogP contribution in [0, 0.1) is 5.92 Å². The summed E-state index contributed by atoms with van der Waals surface area (Å²) in [4.78, 5) is 0. The molecule has 114 valence electrons. The first-order chi connectivity index (χ1) is 9.45. The van der Waals surface area contributed by atoms with Crippen molar-refractivity contribution in [1.82, 2.24) is 5.32 Å².